The highest BCUT2D eigenvalue weighted by Crippen LogP contribution is 2.34. The topological polar surface area (TPSA) is 24.5 Å². The minimum absolute atomic E-state index is 0.0229. The lowest BCUT2D eigenvalue weighted by Gasteiger charge is -2.28. The van der Waals surface area contributed by atoms with Crippen LogP contribution in [-0.4, -0.2) is 32.1 Å². The number of fused-ring (bicyclic) bond motifs is 2. The van der Waals surface area contributed by atoms with Gasteiger partial charge in [-0.15, -0.1) is 0 Å². The Balaban J connectivity index is 1.93. The van der Waals surface area contributed by atoms with Gasteiger partial charge in [-0.05, 0) is 42.5 Å². The summed E-state index contributed by atoms with van der Waals surface area (Å²) in [6.45, 7) is 0.858. The molecule has 0 saturated carbocycles. The van der Waals surface area contributed by atoms with Crippen molar-refractivity contribution in [2.45, 2.75) is 12.6 Å². The lowest BCUT2D eigenvalue weighted by Crippen LogP contribution is -2.25. The fraction of sp³-hybridized carbons (Fsp3) is 0.294. The predicted octanol–water partition coefficient (Wildman–Crippen LogP) is 2.57. The van der Waals surface area contributed by atoms with E-state index < -0.39 is 0 Å². The molecule has 0 bridgehead atoms. The monoisotopic (exact) mass is 268 g/mol. The van der Waals surface area contributed by atoms with Crippen molar-refractivity contribution in [2.75, 3.05) is 21.1 Å². The minimum atomic E-state index is 0.0229. The highest BCUT2D eigenvalue weighted by atomic mass is 16.5. The lowest BCUT2D eigenvalue weighted by molar-refractivity contribution is 0.278. The van der Waals surface area contributed by atoms with Crippen molar-refractivity contribution in [1.29, 1.82) is 0 Å². The molecule has 1 aliphatic heterocycles. The second-order valence-electron chi connectivity index (χ2n) is 5.40. The van der Waals surface area contributed by atoms with Crippen LogP contribution in [0.4, 0.5) is 0 Å². The van der Waals surface area contributed by atoms with E-state index in [4.69, 9.17) is 4.74 Å². The van der Waals surface area contributed by atoms with E-state index in [1.54, 1.807) is 0 Å². The SMILES string of the molecule is CNCc1ccc2c(c1)OC1C=C(N(C)C)C=CC1=C2. The smallest absolute Gasteiger partial charge is 0.144 e. The molecule has 1 unspecified atom stereocenters. The summed E-state index contributed by atoms with van der Waals surface area (Å²) in [7, 11) is 6.05. The number of nitrogens with zero attached hydrogens (tertiary/aromatic N) is 1. The summed E-state index contributed by atoms with van der Waals surface area (Å²) in [6.07, 6.45) is 8.68. The average Bonchev–Trinajstić information content (AvgIpc) is 2.44. The van der Waals surface area contributed by atoms with Crippen LogP contribution in [0.15, 0.2) is 47.7 Å². The fourth-order valence-electron chi connectivity index (χ4n) is 2.54. The van der Waals surface area contributed by atoms with Crippen LogP contribution in [0.1, 0.15) is 11.1 Å². The number of hydrogen-bond acceptors (Lipinski definition) is 3. The molecule has 0 aromatic heterocycles. The Morgan fingerprint density at radius 2 is 2.10 bits per heavy atom. The van der Waals surface area contributed by atoms with Crippen molar-refractivity contribution >= 4 is 6.08 Å². The maximum absolute atomic E-state index is 6.15. The van der Waals surface area contributed by atoms with Gasteiger partial charge in [-0.1, -0.05) is 18.2 Å². The van der Waals surface area contributed by atoms with Gasteiger partial charge in [0.25, 0.3) is 0 Å². The van der Waals surface area contributed by atoms with Crippen LogP contribution >= 0.6 is 0 Å². The molecular weight excluding hydrogens is 248 g/mol. The zero-order valence-electron chi connectivity index (χ0n) is 12.2. The van der Waals surface area contributed by atoms with Crippen LogP contribution in [0.25, 0.3) is 6.08 Å². The van der Waals surface area contributed by atoms with Crippen LogP contribution in [-0.2, 0) is 6.54 Å². The molecule has 3 heteroatoms. The van der Waals surface area contributed by atoms with Gasteiger partial charge in [-0.3, -0.25) is 0 Å². The molecule has 1 aromatic carbocycles. The largest absolute Gasteiger partial charge is 0.481 e. The molecule has 0 amide bonds. The van der Waals surface area contributed by atoms with E-state index >= 15 is 0 Å². The van der Waals surface area contributed by atoms with E-state index in [0.29, 0.717) is 0 Å². The van der Waals surface area contributed by atoms with E-state index in [2.05, 4.69) is 52.7 Å². The van der Waals surface area contributed by atoms with Crippen LogP contribution in [0.2, 0.25) is 0 Å². The lowest BCUT2D eigenvalue weighted by atomic mass is 9.96. The van der Waals surface area contributed by atoms with Crippen molar-refractivity contribution in [3.8, 4) is 5.75 Å². The molecule has 0 saturated heterocycles. The van der Waals surface area contributed by atoms with E-state index in [1.165, 1.54) is 16.8 Å². The zero-order chi connectivity index (χ0) is 14.1. The third-order valence-electron chi connectivity index (χ3n) is 3.65. The first-order valence-corrected chi connectivity index (χ1v) is 6.90. The molecule has 0 radical (unpaired) electrons. The van der Waals surface area contributed by atoms with Gasteiger partial charge in [-0.2, -0.15) is 0 Å². The average molecular weight is 268 g/mol. The summed E-state index contributed by atoms with van der Waals surface area (Å²) in [4.78, 5) is 2.10. The number of hydrogen-bond donors (Lipinski definition) is 1. The molecule has 1 aromatic rings. The van der Waals surface area contributed by atoms with E-state index in [1.807, 2.05) is 21.1 Å². The van der Waals surface area contributed by atoms with Crippen molar-refractivity contribution in [2.24, 2.45) is 0 Å². The van der Waals surface area contributed by atoms with Gasteiger partial charge in [-0.25, -0.2) is 0 Å². The molecular formula is C17H20N2O. The van der Waals surface area contributed by atoms with Gasteiger partial charge in [0.2, 0.25) is 0 Å². The number of allylic oxidation sites excluding steroid dienone is 1. The molecule has 2 aliphatic rings. The Morgan fingerprint density at radius 3 is 2.85 bits per heavy atom. The Bertz CT molecular complexity index is 611. The van der Waals surface area contributed by atoms with E-state index in [-0.39, 0.29) is 6.10 Å². The maximum atomic E-state index is 6.15. The minimum Gasteiger partial charge on any atom is -0.481 e. The highest BCUT2D eigenvalue weighted by Gasteiger charge is 2.22. The second kappa shape index (κ2) is 5.17. The van der Waals surface area contributed by atoms with E-state index in [0.717, 1.165) is 17.9 Å². The Kier molecular flexibility index (Phi) is 3.36. The molecule has 1 atom stereocenters. The second-order valence-corrected chi connectivity index (χ2v) is 5.40. The predicted molar refractivity (Wildman–Crippen MR) is 82.5 cm³/mol. The van der Waals surface area contributed by atoms with Gasteiger partial charge in [0.05, 0.1) is 0 Å². The Morgan fingerprint density at radius 1 is 1.25 bits per heavy atom. The molecule has 1 heterocycles. The normalized spacial score (nSPS) is 19.4. The highest BCUT2D eigenvalue weighted by molar-refractivity contribution is 5.68. The molecule has 1 N–H and O–H groups in total. The first kappa shape index (κ1) is 13.0. The molecule has 3 nitrogen and oxygen atoms in total. The van der Waals surface area contributed by atoms with Crippen LogP contribution < -0.4 is 10.1 Å². The van der Waals surface area contributed by atoms with Crippen molar-refractivity contribution < 1.29 is 4.74 Å². The van der Waals surface area contributed by atoms with Gasteiger partial charge in [0, 0.05) is 31.9 Å². The van der Waals surface area contributed by atoms with E-state index in [9.17, 15) is 0 Å². The van der Waals surface area contributed by atoms with Crippen LogP contribution in [0.5, 0.6) is 5.75 Å². The summed E-state index contributed by atoms with van der Waals surface area (Å²) in [6, 6.07) is 6.40. The number of rotatable bonds is 3. The third kappa shape index (κ3) is 2.37. The third-order valence-corrected chi connectivity index (χ3v) is 3.65. The number of likely N-dealkylation sites (N-methyl/N-ethyl adjacent to an activating group) is 1. The molecule has 20 heavy (non-hydrogen) atoms. The first-order chi connectivity index (χ1) is 9.67. The maximum Gasteiger partial charge on any atom is 0.144 e. The molecule has 0 fully saturated rings. The van der Waals surface area contributed by atoms with Crippen LogP contribution in [0, 0.1) is 0 Å². The Labute approximate surface area is 120 Å². The summed E-state index contributed by atoms with van der Waals surface area (Å²) in [5.74, 6) is 0.969. The summed E-state index contributed by atoms with van der Waals surface area (Å²) < 4.78 is 6.15. The van der Waals surface area contributed by atoms with Crippen LogP contribution in [0.3, 0.4) is 0 Å². The molecule has 104 valence electrons. The number of nitrogens with one attached hydrogen (secondary N) is 1. The quantitative estimate of drug-likeness (QED) is 0.912. The molecule has 3 rings (SSSR count). The van der Waals surface area contributed by atoms with Gasteiger partial charge < -0.3 is 15.0 Å². The molecule has 0 spiro atoms. The van der Waals surface area contributed by atoms with Gasteiger partial charge in [0.1, 0.15) is 11.9 Å². The van der Waals surface area contributed by atoms with Crippen molar-refractivity contribution in [3.63, 3.8) is 0 Å². The van der Waals surface area contributed by atoms with Crippen molar-refractivity contribution in [1.82, 2.24) is 10.2 Å². The number of benzene rings is 1. The fourth-order valence-corrected chi connectivity index (χ4v) is 2.54. The summed E-state index contributed by atoms with van der Waals surface area (Å²) >= 11 is 0. The van der Waals surface area contributed by atoms with Gasteiger partial charge >= 0.3 is 0 Å². The summed E-state index contributed by atoms with van der Waals surface area (Å²) in [5.41, 5.74) is 4.79. The Hall–Kier alpha value is -2.00. The standard InChI is InChI=1S/C17H20N2O/c1-18-11-12-4-5-13-9-14-6-7-15(19(2)3)10-17(14)20-16(13)8-12/h4-10,17-18H,11H2,1-3H3. The zero-order valence-corrected chi connectivity index (χ0v) is 12.2. The molecule has 1 aliphatic carbocycles. The summed E-state index contributed by atoms with van der Waals surface area (Å²) in [5, 5.41) is 3.17. The first-order valence-electron chi connectivity index (χ1n) is 6.90. The van der Waals surface area contributed by atoms with Crippen molar-refractivity contribution in [3.05, 3.63) is 58.8 Å². The van der Waals surface area contributed by atoms with Gasteiger partial charge in [0.15, 0.2) is 0 Å². The number of ether oxygens (including phenoxy) is 1.